The fourth-order valence-corrected chi connectivity index (χ4v) is 9.29. The molecule has 1 amide bonds. The van der Waals surface area contributed by atoms with Crippen LogP contribution in [0.15, 0.2) is 89.5 Å². The van der Waals surface area contributed by atoms with Crippen LogP contribution in [0.3, 0.4) is 0 Å². The Bertz CT molecular complexity index is 2470. The predicted molar refractivity (Wildman–Crippen MR) is 240 cm³/mol. The van der Waals surface area contributed by atoms with E-state index in [0.29, 0.717) is 29.1 Å². The van der Waals surface area contributed by atoms with Crippen LogP contribution in [-0.2, 0) is 46.0 Å². The largest absolute Gasteiger partial charge is 0.481 e. The molecule has 0 aromatic heterocycles. The van der Waals surface area contributed by atoms with Crippen molar-refractivity contribution in [2.45, 2.75) is 108 Å². The minimum Gasteiger partial charge on any atom is -0.481 e. The van der Waals surface area contributed by atoms with Gasteiger partial charge in [-0.1, -0.05) is 89.2 Å². The van der Waals surface area contributed by atoms with E-state index in [1.165, 1.54) is 18.2 Å². The summed E-state index contributed by atoms with van der Waals surface area (Å²) in [5.74, 6) is -2.05. The second-order valence-corrected chi connectivity index (χ2v) is 21.2. The monoisotopic (exact) mass is 918 g/mol. The zero-order valence-corrected chi connectivity index (χ0v) is 38.2. The van der Waals surface area contributed by atoms with E-state index < -0.39 is 58.7 Å². The molecule has 2 heterocycles. The SMILES string of the molecule is CC1(C)C(=CC=CC=CC=CC2=[N+](CCS(=O)(=O)O)c3ccc(C(=O)NCCCCCCCCCCCC(=O)O)cc3C2(C)C)N(CCS(=O)(=O)O)c2ccc(S(=O)(=O)O)cc21. The Morgan fingerprint density at radius 3 is 1.92 bits per heavy atom. The van der Waals surface area contributed by atoms with Gasteiger partial charge in [0.05, 0.1) is 16.1 Å². The van der Waals surface area contributed by atoms with E-state index in [4.69, 9.17) is 5.11 Å². The molecule has 340 valence electrons. The van der Waals surface area contributed by atoms with Crippen LogP contribution in [0.1, 0.15) is 113 Å². The molecular formula is C44H60N3O12S3+. The van der Waals surface area contributed by atoms with Crippen molar-refractivity contribution in [3.63, 3.8) is 0 Å². The van der Waals surface area contributed by atoms with Crippen molar-refractivity contribution in [2.75, 3.05) is 36.0 Å². The van der Waals surface area contributed by atoms with Crippen LogP contribution in [0.5, 0.6) is 0 Å². The zero-order valence-electron chi connectivity index (χ0n) is 35.8. The maximum Gasteiger partial charge on any atom is 0.303 e. The number of allylic oxidation sites excluding steroid dienone is 8. The predicted octanol–water partition coefficient (Wildman–Crippen LogP) is 7.15. The van der Waals surface area contributed by atoms with E-state index >= 15 is 0 Å². The van der Waals surface area contributed by atoms with E-state index in [0.717, 1.165) is 74.7 Å². The molecule has 0 spiro atoms. The quantitative estimate of drug-likeness (QED) is 0.0305. The molecule has 2 aromatic rings. The highest BCUT2D eigenvalue weighted by molar-refractivity contribution is 7.86. The Hall–Kier alpha value is -4.46. The number of unbranched alkanes of at least 4 members (excludes halogenated alkanes) is 8. The van der Waals surface area contributed by atoms with Crippen molar-refractivity contribution in [1.29, 1.82) is 0 Å². The van der Waals surface area contributed by atoms with Crippen molar-refractivity contribution < 1.29 is 58.2 Å². The molecule has 0 fully saturated rings. The van der Waals surface area contributed by atoms with Crippen LogP contribution in [0.25, 0.3) is 0 Å². The number of benzene rings is 2. The minimum absolute atomic E-state index is 0.0274. The smallest absolute Gasteiger partial charge is 0.303 e. The first-order valence-corrected chi connectivity index (χ1v) is 25.4. The average molecular weight is 919 g/mol. The van der Waals surface area contributed by atoms with Gasteiger partial charge >= 0.3 is 5.97 Å². The van der Waals surface area contributed by atoms with Crippen molar-refractivity contribution in [2.24, 2.45) is 0 Å². The number of aliphatic carboxylic acids is 1. The highest BCUT2D eigenvalue weighted by atomic mass is 32.2. The molecule has 4 rings (SSSR count). The molecule has 0 saturated carbocycles. The molecule has 0 aliphatic carbocycles. The van der Waals surface area contributed by atoms with Crippen molar-refractivity contribution in [1.82, 2.24) is 5.32 Å². The maximum absolute atomic E-state index is 13.2. The lowest BCUT2D eigenvalue weighted by atomic mass is 9.80. The van der Waals surface area contributed by atoms with Gasteiger partial charge in [-0.25, -0.2) is 0 Å². The Morgan fingerprint density at radius 1 is 0.710 bits per heavy atom. The first kappa shape index (κ1) is 50.2. The van der Waals surface area contributed by atoms with Gasteiger partial charge in [-0.2, -0.15) is 29.8 Å². The number of nitrogens with one attached hydrogen (secondary N) is 1. The Labute approximate surface area is 366 Å². The molecule has 2 aliphatic heterocycles. The summed E-state index contributed by atoms with van der Waals surface area (Å²) in [6, 6.07) is 9.37. The average Bonchev–Trinajstić information content (AvgIpc) is 3.52. The van der Waals surface area contributed by atoms with Crippen molar-refractivity contribution in [3.05, 3.63) is 101 Å². The zero-order chi connectivity index (χ0) is 45.9. The number of carboxylic acid groups (broad SMARTS) is 1. The number of hydrogen-bond acceptors (Lipinski definition) is 9. The second kappa shape index (κ2) is 21.3. The summed E-state index contributed by atoms with van der Waals surface area (Å²) >= 11 is 0. The van der Waals surface area contributed by atoms with Gasteiger partial charge < -0.3 is 15.3 Å². The van der Waals surface area contributed by atoms with E-state index in [2.05, 4.69) is 5.32 Å². The molecule has 0 unspecified atom stereocenters. The first-order chi connectivity index (χ1) is 28.9. The molecule has 0 radical (unpaired) electrons. The third-order valence-electron chi connectivity index (χ3n) is 11.3. The Morgan fingerprint density at radius 2 is 1.31 bits per heavy atom. The van der Waals surface area contributed by atoms with E-state index in [9.17, 15) is 48.5 Å². The normalized spacial score (nSPS) is 16.9. The summed E-state index contributed by atoms with van der Waals surface area (Å²) in [7, 11) is -13.1. The molecule has 18 heteroatoms. The van der Waals surface area contributed by atoms with Crippen LogP contribution < -0.4 is 10.2 Å². The van der Waals surface area contributed by atoms with Crippen LogP contribution in [-0.4, -0.2) is 97.3 Å². The van der Waals surface area contributed by atoms with Gasteiger partial charge in [0.1, 0.15) is 5.75 Å². The van der Waals surface area contributed by atoms with Crippen LogP contribution >= 0.6 is 0 Å². The Balaban J connectivity index is 1.44. The van der Waals surface area contributed by atoms with Gasteiger partial charge in [-0.3, -0.25) is 23.2 Å². The molecule has 5 N–H and O–H groups in total. The number of hydrogen-bond donors (Lipinski definition) is 5. The maximum atomic E-state index is 13.2. The van der Waals surface area contributed by atoms with Gasteiger partial charge in [0, 0.05) is 59.6 Å². The number of nitrogens with zero attached hydrogens (tertiary/aromatic N) is 2. The standard InChI is InChI=1S/C44H59N3O12S3/c1-43(2)35-31-33(42(50)45-26-18-14-9-7-5-6-8-13-17-21-41(48)49)22-24-37(35)46(27-29-60(51,52)53)39(43)19-15-11-10-12-16-20-40-44(3,4)36-32-34(62(57,58)59)23-25-38(36)47(40)28-30-61(54,55)56/h10-12,15-16,19-20,22-25,31-32H,5-9,13-14,17-18,21,26-30H2,1-4H3,(H4-,45,48,49,50,51,52,53,54,55,56,57,58,59)/p+1. The van der Waals surface area contributed by atoms with Gasteiger partial charge in [0.2, 0.25) is 5.69 Å². The first-order valence-electron chi connectivity index (χ1n) is 20.7. The Kier molecular flexibility index (Phi) is 17.2. The van der Waals surface area contributed by atoms with Crippen molar-refractivity contribution in [3.8, 4) is 0 Å². The fraction of sp³-hybridized carbons (Fsp3) is 0.477. The summed E-state index contributed by atoms with van der Waals surface area (Å²) in [5.41, 5.74) is 2.98. The summed E-state index contributed by atoms with van der Waals surface area (Å²) < 4.78 is 101. The lowest BCUT2D eigenvalue weighted by Gasteiger charge is -2.26. The van der Waals surface area contributed by atoms with Gasteiger partial charge in [-0.15, -0.1) is 0 Å². The van der Waals surface area contributed by atoms with Gasteiger partial charge in [0.25, 0.3) is 36.3 Å². The summed E-state index contributed by atoms with van der Waals surface area (Å²) in [5, 5.41) is 11.7. The highest BCUT2D eigenvalue weighted by Gasteiger charge is 2.45. The molecule has 62 heavy (non-hydrogen) atoms. The summed E-state index contributed by atoms with van der Waals surface area (Å²) in [6.45, 7) is 8.00. The number of carboxylic acids is 1. The fourth-order valence-electron chi connectivity index (χ4n) is 7.96. The molecule has 2 aliphatic rings. The topological polar surface area (TPSA) is 236 Å². The van der Waals surface area contributed by atoms with Gasteiger partial charge in [-0.05, 0) is 68.7 Å². The third kappa shape index (κ3) is 14.0. The van der Waals surface area contributed by atoms with Crippen molar-refractivity contribution >= 4 is 59.3 Å². The van der Waals surface area contributed by atoms with Gasteiger partial charge in [0.15, 0.2) is 12.3 Å². The second-order valence-electron chi connectivity index (χ2n) is 16.7. The number of rotatable bonds is 24. The van der Waals surface area contributed by atoms with Crippen LogP contribution in [0.4, 0.5) is 11.4 Å². The summed E-state index contributed by atoms with van der Waals surface area (Å²) in [6.07, 6.45) is 21.5. The molecule has 0 atom stereocenters. The summed E-state index contributed by atoms with van der Waals surface area (Å²) in [4.78, 5) is 25.2. The molecule has 0 bridgehead atoms. The number of carbonyl (C=O) groups excluding carboxylic acids is 1. The number of fused-ring (bicyclic) bond motifs is 2. The molecular weight excluding hydrogens is 859 g/mol. The molecule has 2 aromatic carbocycles. The number of carbonyl (C=O) groups is 2. The number of amides is 1. The van der Waals surface area contributed by atoms with E-state index in [-0.39, 0.29) is 30.3 Å². The minimum atomic E-state index is -4.50. The van der Waals surface area contributed by atoms with E-state index in [1.54, 1.807) is 53.5 Å². The number of anilines is 1. The lowest BCUT2D eigenvalue weighted by Crippen LogP contribution is -2.30. The highest BCUT2D eigenvalue weighted by Crippen LogP contribution is 2.48. The molecule has 15 nitrogen and oxygen atoms in total. The molecule has 0 saturated heterocycles. The van der Waals surface area contributed by atoms with Crippen LogP contribution in [0, 0.1) is 0 Å². The van der Waals surface area contributed by atoms with Crippen LogP contribution in [0.2, 0.25) is 0 Å². The lowest BCUT2D eigenvalue weighted by molar-refractivity contribution is -0.432. The third-order valence-corrected chi connectivity index (χ3v) is 13.5. The van der Waals surface area contributed by atoms with E-state index in [1.807, 2.05) is 44.4 Å².